The van der Waals surface area contributed by atoms with Crippen molar-refractivity contribution in [3.05, 3.63) is 0 Å². The molecule has 0 aromatic heterocycles. The van der Waals surface area contributed by atoms with Crippen molar-refractivity contribution in [2.45, 2.75) is 64.0 Å². The molecule has 98 valence electrons. The van der Waals surface area contributed by atoms with Crippen LogP contribution in [0.3, 0.4) is 0 Å². The second-order valence-electron chi connectivity index (χ2n) is 5.41. The van der Waals surface area contributed by atoms with Crippen LogP contribution in [-0.2, 0) is 4.79 Å². The van der Waals surface area contributed by atoms with Gasteiger partial charge in [-0.2, -0.15) is 0 Å². The average Bonchev–Trinajstić information content (AvgIpc) is 2.66. The van der Waals surface area contributed by atoms with E-state index >= 15 is 0 Å². The van der Waals surface area contributed by atoms with Crippen molar-refractivity contribution in [3.63, 3.8) is 0 Å². The summed E-state index contributed by atoms with van der Waals surface area (Å²) in [4.78, 5) is 23.0. The number of hydrogen-bond donors (Lipinski definition) is 3. The second kappa shape index (κ2) is 4.94. The van der Waals surface area contributed by atoms with Gasteiger partial charge in [-0.1, -0.05) is 19.8 Å². The van der Waals surface area contributed by atoms with Gasteiger partial charge in [-0.3, -0.25) is 0 Å². The summed E-state index contributed by atoms with van der Waals surface area (Å²) < 4.78 is 0. The van der Waals surface area contributed by atoms with Crippen molar-refractivity contribution in [2.24, 2.45) is 0 Å². The first kappa shape index (κ1) is 13.8. The van der Waals surface area contributed by atoms with Crippen LogP contribution in [0.2, 0.25) is 0 Å². The fourth-order valence-electron chi connectivity index (χ4n) is 2.02. The summed E-state index contributed by atoms with van der Waals surface area (Å²) in [6.45, 7) is 5.80. The predicted octanol–water partition coefficient (Wildman–Crippen LogP) is 1.87. The number of carboxylic acids is 1. The highest BCUT2D eigenvalue weighted by molar-refractivity contribution is 5.86. The van der Waals surface area contributed by atoms with Crippen molar-refractivity contribution < 1.29 is 14.7 Å². The van der Waals surface area contributed by atoms with Crippen molar-refractivity contribution in [2.75, 3.05) is 0 Å². The number of amides is 2. The van der Waals surface area contributed by atoms with Crippen molar-refractivity contribution in [1.82, 2.24) is 10.6 Å². The van der Waals surface area contributed by atoms with E-state index in [0.717, 1.165) is 19.3 Å². The van der Waals surface area contributed by atoms with Gasteiger partial charge in [0.15, 0.2) is 0 Å². The first-order chi connectivity index (χ1) is 7.81. The standard InChI is InChI=1S/C12H22N2O3/c1-4-11(2,3)13-10(17)14-12(9(15)16)7-5-6-8-12/h4-8H2,1-3H3,(H,15,16)(H2,13,14,17). The summed E-state index contributed by atoms with van der Waals surface area (Å²) in [5.74, 6) is -0.931. The first-order valence-electron chi connectivity index (χ1n) is 6.15. The molecule has 0 heterocycles. The number of aliphatic carboxylic acids is 1. The summed E-state index contributed by atoms with van der Waals surface area (Å²) in [6, 6.07) is -0.388. The quantitative estimate of drug-likeness (QED) is 0.704. The molecular formula is C12H22N2O3. The summed E-state index contributed by atoms with van der Waals surface area (Å²) >= 11 is 0. The van der Waals surface area contributed by atoms with Crippen LogP contribution in [0, 0.1) is 0 Å². The topological polar surface area (TPSA) is 78.4 Å². The van der Waals surface area contributed by atoms with E-state index in [9.17, 15) is 14.7 Å². The highest BCUT2D eigenvalue weighted by atomic mass is 16.4. The molecule has 0 saturated heterocycles. The molecule has 0 aromatic carbocycles. The molecule has 1 aliphatic rings. The zero-order valence-corrected chi connectivity index (χ0v) is 10.8. The van der Waals surface area contributed by atoms with Gasteiger partial charge in [0.05, 0.1) is 0 Å². The van der Waals surface area contributed by atoms with Gasteiger partial charge in [-0.05, 0) is 33.1 Å². The van der Waals surface area contributed by atoms with Gasteiger partial charge in [0.1, 0.15) is 5.54 Å². The predicted molar refractivity (Wildman–Crippen MR) is 64.9 cm³/mol. The Hall–Kier alpha value is -1.26. The number of hydrogen-bond acceptors (Lipinski definition) is 2. The molecule has 1 aliphatic carbocycles. The molecule has 0 spiro atoms. The maximum atomic E-state index is 11.8. The zero-order chi connectivity index (χ0) is 13.1. The molecule has 5 heteroatoms. The number of carboxylic acid groups (broad SMARTS) is 1. The maximum Gasteiger partial charge on any atom is 0.329 e. The second-order valence-corrected chi connectivity index (χ2v) is 5.41. The Morgan fingerprint density at radius 1 is 1.29 bits per heavy atom. The van der Waals surface area contributed by atoms with Gasteiger partial charge in [0, 0.05) is 5.54 Å². The number of urea groups is 1. The summed E-state index contributed by atoms with van der Waals surface area (Å²) in [5.41, 5.74) is -1.38. The summed E-state index contributed by atoms with van der Waals surface area (Å²) in [7, 11) is 0. The normalized spacial score (nSPS) is 18.8. The molecule has 0 aromatic rings. The van der Waals surface area contributed by atoms with Crippen LogP contribution in [0.1, 0.15) is 52.9 Å². The molecule has 17 heavy (non-hydrogen) atoms. The van der Waals surface area contributed by atoms with E-state index in [1.165, 1.54) is 0 Å². The fourth-order valence-corrected chi connectivity index (χ4v) is 2.02. The van der Waals surface area contributed by atoms with Gasteiger partial charge in [-0.15, -0.1) is 0 Å². The molecular weight excluding hydrogens is 220 g/mol. The van der Waals surface area contributed by atoms with Crippen LogP contribution in [0.15, 0.2) is 0 Å². The number of rotatable bonds is 4. The Labute approximate surface area is 102 Å². The Morgan fingerprint density at radius 3 is 2.24 bits per heavy atom. The minimum absolute atomic E-state index is 0.317. The van der Waals surface area contributed by atoms with Crippen LogP contribution >= 0.6 is 0 Å². The molecule has 1 saturated carbocycles. The Morgan fingerprint density at radius 2 is 1.82 bits per heavy atom. The number of nitrogens with one attached hydrogen (secondary N) is 2. The lowest BCUT2D eigenvalue weighted by Crippen LogP contribution is -2.58. The number of carbonyl (C=O) groups excluding carboxylic acids is 1. The van der Waals surface area contributed by atoms with Crippen LogP contribution in [0.4, 0.5) is 4.79 Å². The lowest BCUT2D eigenvalue weighted by molar-refractivity contribution is -0.144. The first-order valence-corrected chi connectivity index (χ1v) is 6.15. The third-order valence-corrected chi connectivity index (χ3v) is 3.56. The third-order valence-electron chi connectivity index (χ3n) is 3.56. The Bertz CT molecular complexity index is 307. The Kier molecular flexibility index (Phi) is 4.01. The average molecular weight is 242 g/mol. The van der Waals surface area contributed by atoms with Crippen molar-refractivity contribution in [1.29, 1.82) is 0 Å². The van der Waals surface area contributed by atoms with Crippen LogP contribution in [-0.4, -0.2) is 28.2 Å². The summed E-state index contributed by atoms with van der Waals surface area (Å²) in [5, 5.41) is 14.7. The van der Waals surface area contributed by atoms with E-state index in [-0.39, 0.29) is 11.6 Å². The SMILES string of the molecule is CCC(C)(C)NC(=O)NC1(C(=O)O)CCCC1. The van der Waals surface area contributed by atoms with E-state index in [1.54, 1.807) is 0 Å². The molecule has 0 unspecified atom stereocenters. The van der Waals surface area contributed by atoms with E-state index in [1.807, 2.05) is 20.8 Å². The molecule has 1 rings (SSSR count). The van der Waals surface area contributed by atoms with Crippen LogP contribution < -0.4 is 10.6 Å². The summed E-state index contributed by atoms with van der Waals surface area (Å²) in [6.07, 6.45) is 3.53. The van der Waals surface area contributed by atoms with E-state index in [2.05, 4.69) is 10.6 Å². The van der Waals surface area contributed by atoms with Gasteiger partial charge in [0.2, 0.25) is 0 Å². The van der Waals surface area contributed by atoms with E-state index in [4.69, 9.17) is 0 Å². The maximum absolute atomic E-state index is 11.8. The molecule has 2 amide bonds. The van der Waals surface area contributed by atoms with Gasteiger partial charge < -0.3 is 15.7 Å². The van der Waals surface area contributed by atoms with E-state index in [0.29, 0.717) is 12.8 Å². The minimum Gasteiger partial charge on any atom is -0.480 e. The number of carbonyl (C=O) groups is 2. The van der Waals surface area contributed by atoms with E-state index < -0.39 is 11.5 Å². The largest absolute Gasteiger partial charge is 0.480 e. The molecule has 0 atom stereocenters. The zero-order valence-electron chi connectivity index (χ0n) is 10.8. The van der Waals surface area contributed by atoms with Crippen LogP contribution in [0.5, 0.6) is 0 Å². The molecule has 3 N–H and O–H groups in total. The molecule has 0 radical (unpaired) electrons. The third kappa shape index (κ3) is 3.35. The molecule has 0 aliphatic heterocycles. The van der Waals surface area contributed by atoms with Crippen LogP contribution in [0.25, 0.3) is 0 Å². The van der Waals surface area contributed by atoms with Gasteiger partial charge in [-0.25, -0.2) is 9.59 Å². The lowest BCUT2D eigenvalue weighted by Gasteiger charge is -2.30. The molecule has 1 fully saturated rings. The molecule has 0 bridgehead atoms. The smallest absolute Gasteiger partial charge is 0.329 e. The molecule has 5 nitrogen and oxygen atoms in total. The van der Waals surface area contributed by atoms with Crippen molar-refractivity contribution in [3.8, 4) is 0 Å². The highest BCUT2D eigenvalue weighted by Crippen LogP contribution is 2.29. The van der Waals surface area contributed by atoms with Crippen molar-refractivity contribution >= 4 is 12.0 Å². The Balaban J connectivity index is 2.63. The lowest BCUT2D eigenvalue weighted by atomic mass is 9.98. The van der Waals surface area contributed by atoms with Gasteiger partial charge in [0.25, 0.3) is 0 Å². The fraction of sp³-hybridized carbons (Fsp3) is 0.833. The van der Waals surface area contributed by atoms with Gasteiger partial charge >= 0.3 is 12.0 Å². The monoisotopic (exact) mass is 242 g/mol. The highest BCUT2D eigenvalue weighted by Gasteiger charge is 2.43. The minimum atomic E-state index is -1.06.